The number of methoxy groups -OCH3 is 1. The van der Waals surface area contributed by atoms with E-state index < -0.39 is 0 Å². The van der Waals surface area contributed by atoms with Crippen LogP contribution in [-0.4, -0.2) is 63.8 Å². The van der Waals surface area contributed by atoms with Crippen molar-refractivity contribution in [2.24, 2.45) is 0 Å². The van der Waals surface area contributed by atoms with Gasteiger partial charge in [-0.25, -0.2) is 14.6 Å². The van der Waals surface area contributed by atoms with Gasteiger partial charge in [0.1, 0.15) is 17.9 Å². The highest BCUT2D eigenvalue weighted by Crippen LogP contribution is 2.26. The van der Waals surface area contributed by atoms with E-state index >= 15 is 0 Å². The third kappa shape index (κ3) is 4.34. The Kier molecular flexibility index (Phi) is 5.83. The molecule has 1 aliphatic rings. The number of aromatic nitrogens is 4. The fourth-order valence-electron chi connectivity index (χ4n) is 4.08. The van der Waals surface area contributed by atoms with Crippen molar-refractivity contribution in [2.45, 2.75) is 6.42 Å². The van der Waals surface area contributed by atoms with Gasteiger partial charge in [0, 0.05) is 31.2 Å². The zero-order valence-electron chi connectivity index (χ0n) is 18.2. The molecule has 1 fully saturated rings. The molecule has 1 aliphatic heterocycles. The van der Waals surface area contributed by atoms with E-state index in [-0.39, 0.29) is 5.91 Å². The molecule has 0 saturated carbocycles. The molecule has 9 heteroatoms. The van der Waals surface area contributed by atoms with E-state index in [9.17, 15) is 4.79 Å². The van der Waals surface area contributed by atoms with Gasteiger partial charge in [0.05, 0.1) is 30.8 Å². The second kappa shape index (κ2) is 9.07. The lowest BCUT2D eigenvalue weighted by Crippen LogP contribution is -2.49. The lowest BCUT2D eigenvalue weighted by Gasteiger charge is -2.35. The van der Waals surface area contributed by atoms with E-state index in [1.165, 1.54) is 0 Å². The summed E-state index contributed by atoms with van der Waals surface area (Å²) in [4.78, 5) is 25.9. The topological polar surface area (TPSA) is 76.4 Å². The molecule has 0 atom stereocenters. The normalized spacial score (nSPS) is 14.0. The van der Waals surface area contributed by atoms with E-state index in [4.69, 9.17) is 16.3 Å². The first kappa shape index (κ1) is 21.2. The molecule has 33 heavy (non-hydrogen) atoms. The van der Waals surface area contributed by atoms with Crippen LogP contribution in [0.4, 0.5) is 5.82 Å². The van der Waals surface area contributed by atoms with Gasteiger partial charge in [-0.1, -0.05) is 29.8 Å². The van der Waals surface area contributed by atoms with Gasteiger partial charge < -0.3 is 14.5 Å². The van der Waals surface area contributed by atoms with Gasteiger partial charge in [-0.2, -0.15) is 5.10 Å². The zero-order chi connectivity index (χ0) is 22.8. The van der Waals surface area contributed by atoms with Crippen LogP contribution in [0.25, 0.3) is 16.7 Å². The quantitative estimate of drug-likeness (QED) is 0.452. The van der Waals surface area contributed by atoms with E-state index in [1.54, 1.807) is 24.3 Å². The summed E-state index contributed by atoms with van der Waals surface area (Å²) in [7, 11) is 1.63. The van der Waals surface area contributed by atoms with Gasteiger partial charge in [0.25, 0.3) is 0 Å². The molecule has 0 radical (unpaired) electrons. The molecular weight excluding hydrogens is 440 g/mol. The number of carbonyl (C=O) groups excluding carboxylic acids is 1. The lowest BCUT2D eigenvalue weighted by atomic mass is 10.1. The van der Waals surface area contributed by atoms with Crippen molar-refractivity contribution in [1.29, 1.82) is 0 Å². The van der Waals surface area contributed by atoms with E-state index in [1.807, 2.05) is 53.4 Å². The number of amides is 1. The van der Waals surface area contributed by atoms with E-state index in [0.717, 1.165) is 33.9 Å². The van der Waals surface area contributed by atoms with Crippen LogP contribution in [0, 0.1) is 0 Å². The number of carbonyl (C=O) groups is 1. The average molecular weight is 463 g/mol. The van der Waals surface area contributed by atoms with Gasteiger partial charge in [-0.05, 0) is 35.9 Å². The van der Waals surface area contributed by atoms with Crippen LogP contribution in [-0.2, 0) is 11.2 Å². The summed E-state index contributed by atoms with van der Waals surface area (Å²) in [6.45, 7) is 2.68. The Labute approximate surface area is 196 Å². The van der Waals surface area contributed by atoms with E-state index in [2.05, 4.69) is 20.0 Å². The number of ether oxygens (including phenoxy) is 1. The smallest absolute Gasteiger partial charge is 0.227 e. The molecule has 0 spiro atoms. The summed E-state index contributed by atoms with van der Waals surface area (Å²) in [6.07, 6.45) is 3.72. The van der Waals surface area contributed by atoms with Gasteiger partial charge in [0.2, 0.25) is 5.91 Å². The van der Waals surface area contributed by atoms with Gasteiger partial charge in [-0.15, -0.1) is 0 Å². The second-order valence-electron chi connectivity index (χ2n) is 7.86. The molecule has 8 nitrogen and oxygen atoms in total. The first-order valence-corrected chi connectivity index (χ1v) is 11.1. The highest BCUT2D eigenvalue weighted by molar-refractivity contribution is 6.30. The van der Waals surface area contributed by atoms with Crippen molar-refractivity contribution in [3.63, 3.8) is 0 Å². The van der Waals surface area contributed by atoms with Crippen LogP contribution in [0.1, 0.15) is 5.56 Å². The number of hydrogen-bond acceptors (Lipinski definition) is 6. The Morgan fingerprint density at radius 1 is 1.06 bits per heavy atom. The van der Waals surface area contributed by atoms with Crippen molar-refractivity contribution in [3.8, 4) is 11.4 Å². The first-order valence-electron chi connectivity index (χ1n) is 10.7. The fourth-order valence-corrected chi connectivity index (χ4v) is 4.26. The van der Waals surface area contributed by atoms with Crippen LogP contribution in [0.3, 0.4) is 0 Å². The summed E-state index contributed by atoms with van der Waals surface area (Å²) in [5.74, 6) is 1.74. The van der Waals surface area contributed by atoms with Crippen molar-refractivity contribution >= 4 is 34.4 Å². The third-order valence-corrected chi connectivity index (χ3v) is 6.08. The number of fused-ring (bicyclic) bond motifs is 1. The van der Waals surface area contributed by atoms with Gasteiger partial charge in [0.15, 0.2) is 5.65 Å². The van der Waals surface area contributed by atoms with Gasteiger partial charge >= 0.3 is 0 Å². The number of nitrogens with zero attached hydrogens (tertiary/aromatic N) is 6. The Morgan fingerprint density at radius 3 is 2.58 bits per heavy atom. The molecule has 5 rings (SSSR count). The molecule has 2 aromatic carbocycles. The number of rotatable bonds is 5. The number of benzene rings is 2. The molecule has 168 valence electrons. The molecule has 0 N–H and O–H groups in total. The fraction of sp³-hybridized carbons (Fsp3) is 0.250. The molecular formula is C24H23ClN6O2. The predicted octanol–water partition coefficient (Wildman–Crippen LogP) is 3.37. The summed E-state index contributed by atoms with van der Waals surface area (Å²) < 4.78 is 6.95. The van der Waals surface area contributed by atoms with Crippen molar-refractivity contribution in [2.75, 3.05) is 38.2 Å². The molecule has 0 bridgehead atoms. The Morgan fingerprint density at radius 2 is 1.85 bits per heavy atom. The number of hydrogen-bond donors (Lipinski definition) is 0. The summed E-state index contributed by atoms with van der Waals surface area (Å²) in [5.41, 5.74) is 2.55. The highest BCUT2D eigenvalue weighted by Gasteiger charge is 2.24. The van der Waals surface area contributed by atoms with Crippen LogP contribution in [0.2, 0.25) is 5.02 Å². The minimum Gasteiger partial charge on any atom is -0.497 e. The summed E-state index contributed by atoms with van der Waals surface area (Å²) >= 11 is 6.15. The molecule has 1 amide bonds. The third-order valence-electron chi connectivity index (χ3n) is 5.84. The van der Waals surface area contributed by atoms with E-state index in [0.29, 0.717) is 37.6 Å². The highest BCUT2D eigenvalue weighted by atomic mass is 35.5. The first-order chi connectivity index (χ1) is 16.1. The molecule has 3 heterocycles. The van der Waals surface area contributed by atoms with Crippen molar-refractivity contribution in [1.82, 2.24) is 24.6 Å². The van der Waals surface area contributed by atoms with Crippen molar-refractivity contribution in [3.05, 3.63) is 71.6 Å². The maximum atomic E-state index is 12.8. The van der Waals surface area contributed by atoms with Crippen molar-refractivity contribution < 1.29 is 9.53 Å². The number of piperazine rings is 1. The SMILES string of the molecule is COc1ccc(CC(=O)N2CCN(c3ncnc4c3cnn4-c3cccc(Cl)c3)CC2)cc1. The standard InChI is InChI=1S/C24H23ClN6O2/c1-33-20-7-5-17(6-8-20)13-22(32)29-9-11-30(12-10-29)23-21-15-28-31(24(21)27-16-26-23)19-4-2-3-18(25)14-19/h2-8,14-16H,9-13H2,1H3. The minimum absolute atomic E-state index is 0.126. The van der Waals surface area contributed by atoms with Crippen LogP contribution in [0.15, 0.2) is 61.1 Å². The Bertz CT molecular complexity index is 1280. The van der Waals surface area contributed by atoms with Gasteiger partial charge in [-0.3, -0.25) is 4.79 Å². The Balaban J connectivity index is 1.29. The maximum Gasteiger partial charge on any atom is 0.227 e. The summed E-state index contributed by atoms with van der Waals surface area (Å²) in [5, 5.41) is 6.03. The monoisotopic (exact) mass is 462 g/mol. The second-order valence-corrected chi connectivity index (χ2v) is 8.30. The number of halogens is 1. The van der Waals surface area contributed by atoms with Crippen LogP contribution in [0.5, 0.6) is 5.75 Å². The van der Waals surface area contributed by atoms with Crippen LogP contribution < -0.4 is 9.64 Å². The number of anilines is 1. The Hall–Kier alpha value is -3.65. The van der Waals surface area contributed by atoms with Crippen LogP contribution >= 0.6 is 11.6 Å². The molecule has 2 aromatic heterocycles. The predicted molar refractivity (Wildman–Crippen MR) is 127 cm³/mol. The molecule has 0 aliphatic carbocycles. The largest absolute Gasteiger partial charge is 0.497 e. The summed E-state index contributed by atoms with van der Waals surface area (Å²) in [6, 6.07) is 15.1. The zero-order valence-corrected chi connectivity index (χ0v) is 18.9. The molecule has 1 saturated heterocycles. The maximum absolute atomic E-state index is 12.8. The lowest BCUT2D eigenvalue weighted by molar-refractivity contribution is -0.130. The molecule has 0 unspecified atom stereocenters. The average Bonchev–Trinajstić information content (AvgIpc) is 3.29. The minimum atomic E-state index is 0.126. The molecule has 4 aromatic rings.